The van der Waals surface area contributed by atoms with Crippen molar-refractivity contribution < 1.29 is 0 Å². The van der Waals surface area contributed by atoms with E-state index in [-0.39, 0.29) is 0 Å². The Morgan fingerprint density at radius 1 is 0.941 bits per heavy atom. The molecule has 0 saturated carbocycles. The lowest BCUT2D eigenvalue weighted by Crippen LogP contribution is -1.88. The zero-order valence-electron chi connectivity index (χ0n) is 8.64. The summed E-state index contributed by atoms with van der Waals surface area (Å²) in [7, 11) is 0. The first-order chi connectivity index (χ1) is 8.24. The van der Waals surface area contributed by atoms with Gasteiger partial charge in [0.25, 0.3) is 0 Å². The van der Waals surface area contributed by atoms with Crippen LogP contribution in [0, 0.1) is 0 Å². The van der Waals surface area contributed by atoms with Gasteiger partial charge in [-0.1, -0.05) is 29.3 Å². The number of pyridine rings is 1. The normalized spacial score (nSPS) is 10.9. The average molecular weight is 264 g/mol. The predicted molar refractivity (Wildman–Crippen MR) is 68.4 cm³/mol. The summed E-state index contributed by atoms with van der Waals surface area (Å²) in [5.41, 5.74) is 1.64. The fourth-order valence-corrected chi connectivity index (χ4v) is 2.25. The van der Waals surface area contributed by atoms with Gasteiger partial charge in [0.05, 0.1) is 0 Å². The highest BCUT2D eigenvalue weighted by atomic mass is 35.5. The molecule has 0 unspecified atom stereocenters. The molecule has 0 aliphatic heterocycles. The van der Waals surface area contributed by atoms with Gasteiger partial charge >= 0.3 is 0 Å². The summed E-state index contributed by atoms with van der Waals surface area (Å²) in [5.74, 6) is 0.727. The number of fused-ring (bicyclic) bond motifs is 1. The van der Waals surface area contributed by atoms with E-state index in [0.29, 0.717) is 10.0 Å². The Morgan fingerprint density at radius 3 is 2.47 bits per heavy atom. The maximum Gasteiger partial charge on any atom is 0.168 e. The van der Waals surface area contributed by atoms with Gasteiger partial charge < -0.3 is 0 Å². The van der Waals surface area contributed by atoms with Crippen LogP contribution in [0.1, 0.15) is 0 Å². The topological polar surface area (TPSA) is 30.2 Å². The van der Waals surface area contributed by atoms with Crippen LogP contribution in [-0.2, 0) is 0 Å². The molecule has 0 aliphatic carbocycles. The van der Waals surface area contributed by atoms with E-state index in [1.165, 1.54) is 0 Å². The summed E-state index contributed by atoms with van der Waals surface area (Å²) in [4.78, 5) is 0. The summed E-state index contributed by atoms with van der Waals surface area (Å²) < 4.78 is 1.89. The smallest absolute Gasteiger partial charge is 0.168 e. The third kappa shape index (κ3) is 1.88. The standard InChI is InChI=1S/C12H7Cl2N3/c13-9-5-8(6-10(14)7-9)12-16-15-11-3-1-2-4-17(11)12/h1-7H. The molecule has 2 heterocycles. The number of rotatable bonds is 1. The van der Waals surface area contributed by atoms with E-state index in [9.17, 15) is 0 Å². The lowest BCUT2D eigenvalue weighted by atomic mass is 10.2. The van der Waals surface area contributed by atoms with Crippen molar-refractivity contribution in [3.05, 3.63) is 52.6 Å². The van der Waals surface area contributed by atoms with Crippen LogP contribution in [0.5, 0.6) is 0 Å². The molecule has 3 nitrogen and oxygen atoms in total. The molecular weight excluding hydrogens is 257 g/mol. The van der Waals surface area contributed by atoms with Gasteiger partial charge in [0.15, 0.2) is 11.5 Å². The summed E-state index contributed by atoms with van der Waals surface area (Å²) in [6.07, 6.45) is 1.90. The molecule has 3 aromatic rings. The summed E-state index contributed by atoms with van der Waals surface area (Å²) >= 11 is 12.0. The van der Waals surface area contributed by atoms with Crippen molar-refractivity contribution in [1.82, 2.24) is 14.6 Å². The number of halogens is 2. The minimum absolute atomic E-state index is 0.584. The zero-order valence-corrected chi connectivity index (χ0v) is 10.2. The molecule has 1 aromatic carbocycles. The molecule has 3 rings (SSSR count). The minimum atomic E-state index is 0.584. The van der Waals surface area contributed by atoms with Gasteiger partial charge in [-0.3, -0.25) is 4.40 Å². The molecule has 5 heteroatoms. The van der Waals surface area contributed by atoms with E-state index in [1.54, 1.807) is 6.07 Å². The van der Waals surface area contributed by atoms with Gasteiger partial charge in [0.2, 0.25) is 0 Å². The van der Waals surface area contributed by atoms with Crippen molar-refractivity contribution in [2.24, 2.45) is 0 Å². The van der Waals surface area contributed by atoms with Gasteiger partial charge in [-0.15, -0.1) is 10.2 Å². The molecule has 2 aromatic heterocycles. The van der Waals surface area contributed by atoms with E-state index in [1.807, 2.05) is 40.9 Å². The molecule has 0 amide bonds. The van der Waals surface area contributed by atoms with Crippen molar-refractivity contribution in [2.45, 2.75) is 0 Å². The van der Waals surface area contributed by atoms with Crippen LogP contribution >= 0.6 is 23.2 Å². The Hall–Kier alpha value is -1.58. The molecule has 0 radical (unpaired) electrons. The van der Waals surface area contributed by atoms with Gasteiger partial charge in [-0.2, -0.15) is 0 Å². The molecular formula is C12H7Cl2N3. The number of nitrogens with zero attached hydrogens (tertiary/aromatic N) is 3. The Kier molecular flexibility index (Phi) is 2.50. The monoisotopic (exact) mass is 263 g/mol. The first kappa shape index (κ1) is 10.6. The van der Waals surface area contributed by atoms with Crippen molar-refractivity contribution in [1.29, 1.82) is 0 Å². The van der Waals surface area contributed by atoms with E-state index < -0.39 is 0 Å². The molecule has 84 valence electrons. The fourth-order valence-electron chi connectivity index (χ4n) is 1.72. The zero-order chi connectivity index (χ0) is 11.8. The first-order valence-electron chi connectivity index (χ1n) is 5.00. The van der Waals surface area contributed by atoms with Crippen molar-refractivity contribution in [3.8, 4) is 11.4 Å². The number of hydrogen-bond acceptors (Lipinski definition) is 2. The lowest BCUT2D eigenvalue weighted by molar-refractivity contribution is 1.11. The van der Waals surface area contributed by atoms with Crippen LogP contribution in [0.15, 0.2) is 42.6 Å². The Morgan fingerprint density at radius 2 is 1.71 bits per heavy atom. The largest absolute Gasteiger partial charge is 0.282 e. The van der Waals surface area contributed by atoms with Gasteiger partial charge in [-0.05, 0) is 30.3 Å². The van der Waals surface area contributed by atoms with Crippen molar-refractivity contribution >= 4 is 28.8 Å². The second-order valence-electron chi connectivity index (χ2n) is 3.61. The van der Waals surface area contributed by atoms with Crippen molar-refractivity contribution in [3.63, 3.8) is 0 Å². The average Bonchev–Trinajstić information content (AvgIpc) is 2.71. The molecule has 0 aliphatic rings. The van der Waals surface area contributed by atoms with Crippen molar-refractivity contribution in [2.75, 3.05) is 0 Å². The summed E-state index contributed by atoms with van der Waals surface area (Å²) in [6, 6.07) is 11.1. The molecule has 0 fully saturated rings. The third-order valence-electron chi connectivity index (χ3n) is 2.43. The SMILES string of the molecule is Clc1cc(Cl)cc(-c2nnc3ccccn23)c1. The molecule has 0 bridgehead atoms. The van der Waals surface area contributed by atoms with Crippen LogP contribution < -0.4 is 0 Å². The highest BCUT2D eigenvalue weighted by molar-refractivity contribution is 6.35. The van der Waals surface area contributed by atoms with Crippen LogP contribution in [-0.4, -0.2) is 14.6 Å². The first-order valence-corrected chi connectivity index (χ1v) is 5.76. The molecule has 0 N–H and O–H groups in total. The molecule has 0 spiro atoms. The Balaban J connectivity index is 2.27. The predicted octanol–water partition coefficient (Wildman–Crippen LogP) is 3.70. The quantitative estimate of drug-likeness (QED) is 0.670. The van der Waals surface area contributed by atoms with Gasteiger partial charge in [-0.25, -0.2) is 0 Å². The second-order valence-corrected chi connectivity index (χ2v) is 4.48. The highest BCUT2D eigenvalue weighted by Gasteiger charge is 2.08. The van der Waals surface area contributed by atoms with E-state index in [0.717, 1.165) is 17.0 Å². The third-order valence-corrected chi connectivity index (χ3v) is 2.87. The van der Waals surface area contributed by atoms with E-state index in [4.69, 9.17) is 23.2 Å². The minimum Gasteiger partial charge on any atom is -0.282 e. The summed E-state index contributed by atoms with van der Waals surface area (Å²) in [5, 5.41) is 9.39. The lowest BCUT2D eigenvalue weighted by Gasteiger charge is -2.01. The van der Waals surface area contributed by atoms with E-state index >= 15 is 0 Å². The molecule has 17 heavy (non-hydrogen) atoms. The molecule has 0 atom stereocenters. The number of aromatic nitrogens is 3. The second kappa shape index (κ2) is 4.02. The number of hydrogen-bond donors (Lipinski definition) is 0. The number of benzene rings is 1. The molecule has 0 saturated heterocycles. The van der Waals surface area contributed by atoms with Crippen LogP contribution in [0.25, 0.3) is 17.0 Å². The van der Waals surface area contributed by atoms with Gasteiger partial charge in [0.1, 0.15) is 0 Å². The summed E-state index contributed by atoms with van der Waals surface area (Å²) in [6.45, 7) is 0. The van der Waals surface area contributed by atoms with Crippen LogP contribution in [0.3, 0.4) is 0 Å². The maximum absolute atomic E-state index is 5.98. The highest BCUT2D eigenvalue weighted by Crippen LogP contribution is 2.26. The van der Waals surface area contributed by atoms with E-state index in [2.05, 4.69) is 10.2 Å². The van der Waals surface area contributed by atoms with Gasteiger partial charge in [0, 0.05) is 21.8 Å². The Bertz CT molecular complexity index is 671. The Labute approximate surface area is 108 Å². The fraction of sp³-hybridized carbons (Fsp3) is 0. The van der Waals surface area contributed by atoms with Crippen LogP contribution in [0.2, 0.25) is 10.0 Å². The van der Waals surface area contributed by atoms with Crippen LogP contribution in [0.4, 0.5) is 0 Å². The maximum atomic E-state index is 5.98.